The van der Waals surface area contributed by atoms with Gasteiger partial charge in [0, 0.05) is 23.2 Å². The van der Waals surface area contributed by atoms with Gasteiger partial charge in [-0.25, -0.2) is 0 Å². The molecule has 0 aliphatic carbocycles. The maximum atomic E-state index is 12.4. The van der Waals surface area contributed by atoms with Crippen LogP contribution in [0.1, 0.15) is 47.9 Å². The van der Waals surface area contributed by atoms with Crippen molar-refractivity contribution in [3.63, 3.8) is 0 Å². The van der Waals surface area contributed by atoms with Gasteiger partial charge in [-0.3, -0.25) is 30.6 Å². The van der Waals surface area contributed by atoms with Gasteiger partial charge in [0.15, 0.2) is 5.11 Å². The summed E-state index contributed by atoms with van der Waals surface area (Å²) in [6.07, 6.45) is 0.363. The third-order valence-corrected chi connectivity index (χ3v) is 4.86. The summed E-state index contributed by atoms with van der Waals surface area (Å²) in [6, 6.07) is 11.3. The molecule has 0 bridgehead atoms. The molecule has 0 aliphatic rings. The lowest BCUT2D eigenvalue weighted by Gasteiger charge is -2.13. The number of rotatable bonds is 7. The molecular weight excluding hydrogens is 496 g/mol. The Morgan fingerprint density at radius 2 is 1.66 bits per heavy atom. The molecule has 0 atom stereocenters. The number of carbonyl (C=O) groups excluding carboxylic acids is 3. The van der Waals surface area contributed by atoms with E-state index in [0.717, 1.165) is 0 Å². The average Bonchev–Trinajstić information content (AvgIpc) is 2.76. The molecule has 0 heterocycles. The fourth-order valence-electron chi connectivity index (χ4n) is 2.36. The van der Waals surface area contributed by atoms with Crippen LogP contribution in [0.4, 0.5) is 5.69 Å². The number of hydrogen-bond acceptors (Lipinski definition) is 5. The Morgan fingerprint density at radius 3 is 2.25 bits per heavy atom. The molecule has 0 fully saturated rings. The van der Waals surface area contributed by atoms with Gasteiger partial charge >= 0.3 is 0 Å². The zero-order valence-corrected chi connectivity index (χ0v) is 20.4. The Bertz CT molecular complexity index is 996. The molecule has 2 aromatic rings. The maximum absolute atomic E-state index is 12.4. The van der Waals surface area contributed by atoms with E-state index in [2.05, 4.69) is 37.4 Å². The predicted octanol–water partition coefficient (Wildman–Crippen LogP) is 3.78. The van der Waals surface area contributed by atoms with Crippen LogP contribution < -0.4 is 26.2 Å². The third-order valence-electron chi connectivity index (χ3n) is 4.03. The highest BCUT2D eigenvalue weighted by Gasteiger charge is 2.12. The van der Waals surface area contributed by atoms with Gasteiger partial charge in [0.2, 0.25) is 5.91 Å². The fraction of sp³-hybridized carbons (Fsp3) is 0.273. The van der Waals surface area contributed by atoms with Crippen LogP contribution in [0.5, 0.6) is 5.75 Å². The molecule has 32 heavy (non-hydrogen) atoms. The van der Waals surface area contributed by atoms with Gasteiger partial charge in [-0.1, -0.05) is 20.8 Å². The molecule has 10 heteroatoms. The van der Waals surface area contributed by atoms with Crippen molar-refractivity contribution in [2.45, 2.75) is 27.2 Å². The molecule has 2 rings (SSSR count). The molecule has 0 spiro atoms. The van der Waals surface area contributed by atoms with Crippen LogP contribution in [-0.2, 0) is 4.79 Å². The SMILES string of the molecule is CCC(=O)Nc1ccc(C(=O)NNC(=S)NC(=O)c2ccc(OCC(C)C)c(Br)c2)cc1. The van der Waals surface area contributed by atoms with Crippen molar-refractivity contribution in [1.82, 2.24) is 16.2 Å². The summed E-state index contributed by atoms with van der Waals surface area (Å²) in [5.41, 5.74) is 6.22. The van der Waals surface area contributed by atoms with Crippen LogP contribution in [0.2, 0.25) is 0 Å². The zero-order chi connectivity index (χ0) is 23.7. The van der Waals surface area contributed by atoms with Crippen molar-refractivity contribution >= 4 is 56.7 Å². The van der Waals surface area contributed by atoms with Crippen molar-refractivity contribution in [2.75, 3.05) is 11.9 Å². The van der Waals surface area contributed by atoms with Gasteiger partial charge in [0.25, 0.3) is 11.8 Å². The van der Waals surface area contributed by atoms with E-state index in [0.29, 0.717) is 46.0 Å². The molecule has 0 aromatic heterocycles. The molecular formula is C22H25BrN4O4S. The van der Waals surface area contributed by atoms with Gasteiger partial charge in [-0.2, -0.15) is 0 Å². The average molecular weight is 521 g/mol. The van der Waals surface area contributed by atoms with Gasteiger partial charge < -0.3 is 10.1 Å². The molecule has 3 amide bonds. The van der Waals surface area contributed by atoms with Gasteiger partial charge in [-0.15, -0.1) is 0 Å². The van der Waals surface area contributed by atoms with Crippen molar-refractivity contribution in [1.29, 1.82) is 0 Å². The highest BCUT2D eigenvalue weighted by Crippen LogP contribution is 2.26. The van der Waals surface area contributed by atoms with Crippen LogP contribution in [0.25, 0.3) is 0 Å². The molecule has 8 nitrogen and oxygen atoms in total. The minimum atomic E-state index is -0.454. The van der Waals surface area contributed by atoms with E-state index < -0.39 is 11.8 Å². The number of hydrazine groups is 1. The molecule has 4 N–H and O–H groups in total. The first-order valence-corrected chi connectivity index (χ1v) is 11.1. The van der Waals surface area contributed by atoms with E-state index in [9.17, 15) is 14.4 Å². The molecule has 0 radical (unpaired) electrons. The number of anilines is 1. The number of halogens is 1. The Labute approximate surface area is 200 Å². The van der Waals surface area contributed by atoms with Gasteiger partial charge in [-0.05, 0) is 76.5 Å². The Morgan fingerprint density at radius 1 is 1.00 bits per heavy atom. The summed E-state index contributed by atoms with van der Waals surface area (Å²) in [5, 5.41) is 5.13. The summed E-state index contributed by atoms with van der Waals surface area (Å²) in [7, 11) is 0. The number of hydrogen-bond donors (Lipinski definition) is 4. The molecule has 0 unspecified atom stereocenters. The van der Waals surface area contributed by atoms with Crippen molar-refractivity contribution in [2.24, 2.45) is 5.92 Å². The molecule has 170 valence electrons. The Balaban J connectivity index is 1.85. The van der Waals surface area contributed by atoms with Crippen LogP contribution in [-0.4, -0.2) is 29.4 Å². The number of carbonyl (C=O) groups is 3. The van der Waals surface area contributed by atoms with Crippen molar-refractivity contribution in [3.8, 4) is 5.75 Å². The van der Waals surface area contributed by atoms with Crippen molar-refractivity contribution < 1.29 is 19.1 Å². The van der Waals surface area contributed by atoms with E-state index in [4.69, 9.17) is 17.0 Å². The highest BCUT2D eigenvalue weighted by molar-refractivity contribution is 9.10. The zero-order valence-electron chi connectivity index (χ0n) is 18.0. The first-order valence-electron chi connectivity index (χ1n) is 9.93. The van der Waals surface area contributed by atoms with Gasteiger partial charge in [0.05, 0.1) is 11.1 Å². The summed E-state index contributed by atoms with van der Waals surface area (Å²) >= 11 is 8.46. The number of thiocarbonyl (C=S) groups is 1. The highest BCUT2D eigenvalue weighted by atomic mass is 79.9. The quantitative estimate of drug-likeness (QED) is 0.326. The maximum Gasteiger partial charge on any atom is 0.269 e. The van der Waals surface area contributed by atoms with Crippen molar-refractivity contribution in [3.05, 3.63) is 58.1 Å². The molecule has 0 aliphatic heterocycles. The third kappa shape index (κ3) is 7.93. The van der Waals surface area contributed by atoms with E-state index in [-0.39, 0.29) is 11.0 Å². The number of ether oxygens (including phenoxy) is 1. The van der Waals surface area contributed by atoms with Crippen LogP contribution >= 0.6 is 28.1 Å². The molecule has 0 saturated heterocycles. The second-order valence-electron chi connectivity index (χ2n) is 7.19. The predicted molar refractivity (Wildman–Crippen MR) is 131 cm³/mol. The van der Waals surface area contributed by atoms with Crippen LogP contribution in [0.3, 0.4) is 0 Å². The lowest BCUT2D eigenvalue weighted by atomic mass is 10.2. The van der Waals surface area contributed by atoms with E-state index in [1.807, 2.05) is 13.8 Å². The summed E-state index contributed by atoms with van der Waals surface area (Å²) in [6.45, 7) is 6.41. The topological polar surface area (TPSA) is 109 Å². The number of benzene rings is 2. The normalized spacial score (nSPS) is 10.3. The van der Waals surface area contributed by atoms with E-state index in [1.54, 1.807) is 49.4 Å². The lowest BCUT2D eigenvalue weighted by Crippen LogP contribution is -2.48. The summed E-state index contributed by atoms with van der Waals surface area (Å²) < 4.78 is 6.32. The minimum Gasteiger partial charge on any atom is -0.492 e. The smallest absolute Gasteiger partial charge is 0.269 e. The number of nitrogens with one attached hydrogen (secondary N) is 4. The second-order valence-corrected chi connectivity index (χ2v) is 8.45. The largest absolute Gasteiger partial charge is 0.492 e. The fourth-order valence-corrected chi connectivity index (χ4v) is 3.00. The number of amides is 3. The van der Waals surface area contributed by atoms with Crippen LogP contribution in [0.15, 0.2) is 46.9 Å². The van der Waals surface area contributed by atoms with E-state index >= 15 is 0 Å². The Hall–Kier alpha value is -2.98. The second kappa shape index (κ2) is 12.2. The minimum absolute atomic E-state index is 0.0635. The first-order chi connectivity index (χ1) is 15.2. The van der Waals surface area contributed by atoms with Gasteiger partial charge in [0.1, 0.15) is 5.75 Å². The van der Waals surface area contributed by atoms with Crippen LogP contribution in [0, 0.1) is 5.92 Å². The summed E-state index contributed by atoms with van der Waals surface area (Å²) in [5.74, 6) is 0.00912. The standard InChI is InChI=1S/C22H25BrN4O4S/c1-4-19(28)24-16-8-5-14(6-9-16)21(30)26-27-22(32)25-20(29)15-7-10-18(17(23)11-15)31-12-13(2)3/h5-11,13H,4,12H2,1-3H3,(H,24,28)(H,26,30)(H2,25,27,29,32). The Kier molecular flexibility index (Phi) is 9.61. The molecule has 0 saturated carbocycles. The monoisotopic (exact) mass is 520 g/mol. The summed E-state index contributed by atoms with van der Waals surface area (Å²) in [4.78, 5) is 36.0. The first kappa shape index (κ1) is 25.3. The lowest BCUT2D eigenvalue weighted by molar-refractivity contribution is -0.115. The van der Waals surface area contributed by atoms with E-state index in [1.165, 1.54) is 0 Å². The molecule has 2 aromatic carbocycles.